The number of benzene rings is 1. The number of hydrogen-bond acceptors (Lipinski definition) is 5. The molecule has 2 aromatic rings. The normalized spacial score (nSPS) is 11.7. The Labute approximate surface area is 135 Å². The van der Waals surface area contributed by atoms with Crippen molar-refractivity contribution in [3.8, 4) is 11.5 Å². The Morgan fingerprint density at radius 2 is 2.00 bits per heavy atom. The first kappa shape index (κ1) is 16.9. The van der Waals surface area contributed by atoms with E-state index in [4.69, 9.17) is 13.9 Å². The van der Waals surface area contributed by atoms with Crippen LogP contribution in [-0.2, 0) is 4.79 Å². The van der Waals surface area contributed by atoms with Gasteiger partial charge in [0.25, 0.3) is 0 Å². The molecule has 1 aromatic carbocycles. The molecule has 0 aliphatic rings. The van der Waals surface area contributed by atoms with Gasteiger partial charge in [0.05, 0.1) is 32.5 Å². The van der Waals surface area contributed by atoms with Crippen LogP contribution in [0.25, 0.3) is 0 Å². The average molecular weight is 318 g/mol. The summed E-state index contributed by atoms with van der Waals surface area (Å²) in [7, 11) is 1.59. The maximum Gasteiger partial charge on any atom is 0.234 e. The molecule has 0 saturated carbocycles. The van der Waals surface area contributed by atoms with E-state index in [0.29, 0.717) is 24.7 Å². The van der Waals surface area contributed by atoms with E-state index in [1.165, 1.54) is 0 Å². The van der Waals surface area contributed by atoms with Crippen LogP contribution in [0.15, 0.2) is 47.1 Å². The second-order valence-electron chi connectivity index (χ2n) is 4.97. The number of carbonyl (C=O) groups is 1. The Morgan fingerprint density at radius 1 is 1.22 bits per heavy atom. The van der Waals surface area contributed by atoms with E-state index in [1.807, 2.05) is 43.3 Å². The number of furan rings is 1. The highest BCUT2D eigenvalue weighted by molar-refractivity contribution is 5.78. The minimum absolute atomic E-state index is 0.0134. The average Bonchev–Trinajstić information content (AvgIpc) is 3.11. The number of amides is 1. The van der Waals surface area contributed by atoms with Crippen molar-refractivity contribution in [2.45, 2.75) is 13.0 Å². The van der Waals surface area contributed by atoms with Crippen LogP contribution >= 0.6 is 0 Å². The van der Waals surface area contributed by atoms with Crippen LogP contribution in [0.3, 0.4) is 0 Å². The third-order valence-electron chi connectivity index (χ3n) is 3.29. The molecule has 6 heteroatoms. The third-order valence-corrected chi connectivity index (χ3v) is 3.29. The maximum atomic E-state index is 11.8. The molecule has 0 unspecified atom stereocenters. The number of hydrogen-bond donors (Lipinski definition) is 2. The number of carbonyl (C=O) groups excluding carboxylic acids is 1. The minimum atomic E-state index is -0.0907. The molecule has 1 atom stereocenters. The highest BCUT2D eigenvalue weighted by Gasteiger charge is 2.09. The van der Waals surface area contributed by atoms with Crippen molar-refractivity contribution in [2.24, 2.45) is 0 Å². The van der Waals surface area contributed by atoms with Gasteiger partial charge in [-0.3, -0.25) is 10.1 Å². The van der Waals surface area contributed by atoms with Crippen molar-refractivity contribution >= 4 is 5.91 Å². The van der Waals surface area contributed by atoms with Gasteiger partial charge in [-0.25, -0.2) is 0 Å². The number of ether oxygens (including phenoxy) is 2. The van der Waals surface area contributed by atoms with Crippen LogP contribution in [0, 0.1) is 0 Å². The van der Waals surface area contributed by atoms with Crippen molar-refractivity contribution < 1.29 is 18.7 Å². The molecular weight excluding hydrogens is 296 g/mol. The Morgan fingerprint density at radius 3 is 2.70 bits per heavy atom. The lowest BCUT2D eigenvalue weighted by Gasteiger charge is -2.12. The van der Waals surface area contributed by atoms with Gasteiger partial charge in [-0.2, -0.15) is 0 Å². The summed E-state index contributed by atoms with van der Waals surface area (Å²) in [5, 5.41) is 5.89. The Balaban J connectivity index is 1.63. The second-order valence-corrected chi connectivity index (χ2v) is 4.97. The highest BCUT2D eigenvalue weighted by atomic mass is 16.5. The molecule has 0 saturated heterocycles. The molecule has 0 aliphatic carbocycles. The van der Waals surface area contributed by atoms with Crippen LogP contribution in [0.1, 0.15) is 18.7 Å². The van der Waals surface area contributed by atoms with E-state index in [1.54, 1.807) is 13.4 Å². The molecule has 23 heavy (non-hydrogen) atoms. The molecule has 0 aliphatic heterocycles. The molecule has 1 heterocycles. The van der Waals surface area contributed by atoms with Crippen molar-refractivity contribution in [2.75, 3.05) is 26.8 Å². The molecular formula is C17H22N2O4. The number of para-hydroxylation sites is 2. The summed E-state index contributed by atoms with van der Waals surface area (Å²) in [4.78, 5) is 11.8. The Bertz CT molecular complexity index is 598. The lowest BCUT2D eigenvalue weighted by molar-refractivity contribution is -0.120. The molecule has 124 valence electrons. The Kier molecular flexibility index (Phi) is 6.50. The molecule has 2 N–H and O–H groups in total. The monoisotopic (exact) mass is 318 g/mol. The van der Waals surface area contributed by atoms with Crippen LogP contribution in [-0.4, -0.2) is 32.7 Å². The fourth-order valence-electron chi connectivity index (χ4n) is 2.04. The summed E-state index contributed by atoms with van der Waals surface area (Å²) in [5.41, 5.74) is 0. The van der Waals surface area contributed by atoms with E-state index in [-0.39, 0.29) is 18.5 Å². The van der Waals surface area contributed by atoms with E-state index in [9.17, 15) is 4.79 Å². The summed E-state index contributed by atoms with van der Waals surface area (Å²) in [6.45, 7) is 2.96. The van der Waals surface area contributed by atoms with Crippen molar-refractivity contribution in [1.82, 2.24) is 10.6 Å². The minimum Gasteiger partial charge on any atom is -0.493 e. The Hall–Kier alpha value is -2.47. The summed E-state index contributed by atoms with van der Waals surface area (Å²) in [6, 6.07) is 11.1. The molecule has 0 bridgehead atoms. The molecule has 1 aromatic heterocycles. The zero-order valence-electron chi connectivity index (χ0n) is 13.4. The second kappa shape index (κ2) is 8.85. The third kappa shape index (κ3) is 5.34. The SMILES string of the molecule is COc1ccccc1OCCNC(=O)CN[C@H](C)c1ccco1. The number of rotatable bonds is 9. The molecule has 2 rings (SSSR count). The van der Waals surface area contributed by atoms with Gasteiger partial charge in [0.2, 0.25) is 5.91 Å². The van der Waals surface area contributed by atoms with Crippen molar-refractivity contribution in [1.29, 1.82) is 0 Å². The van der Waals surface area contributed by atoms with Gasteiger partial charge >= 0.3 is 0 Å². The van der Waals surface area contributed by atoms with E-state index in [0.717, 1.165) is 5.76 Å². The van der Waals surface area contributed by atoms with E-state index >= 15 is 0 Å². The van der Waals surface area contributed by atoms with Crippen molar-refractivity contribution in [3.63, 3.8) is 0 Å². The quantitative estimate of drug-likeness (QED) is 0.693. The van der Waals surface area contributed by atoms with Crippen molar-refractivity contribution in [3.05, 3.63) is 48.4 Å². The smallest absolute Gasteiger partial charge is 0.234 e. The highest BCUT2D eigenvalue weighted by Crippen LogP contribution is 2.25. The van der Waals surface area contributed by atoms with Crippen LogP contribution in [0.4, 0.5) is 0 Å². The number of methoxy groups -OCH3 is 1. The zero-order valence-corrected chi connectivity index (χ0v) is 13.4. The van der Waals surface area contributed by atoms with Gasteiger partial charge in [-0.05, 0) is 31.2 Å². The molecule has 6 nitrogen and oxygen atoms in total. The largest absolute Gasteiger partial charge is 0.493 e. The van der Waals surface area contributed by atoms with Crippen LogP contribution in [0.2, 0.25) is 0 Å². The standard InChI is InChI=1S/C17H22N2O4/c1-13(14-8-5-10-22-14)19-12-17(20)18-9-11-23-16-7-4-3-6-15(16)21-2/h3-8,10,13,19H,9,11-12H2,1-2H3,(H,18,20)/t13-/m1/s1. The fourth-order valence-corrected chi connectivity index (χ4v) is 2.04. The molecule has 0 radical (unpaired) electrons. The topological polar surface area (TPSA) is 72.7 Å². The van der Waals surface area contributed by atoms with E-state index in [2.05, 4.69) is 10.6 Å². The van der Waals surface area contributed by atoms with Crippen LogP contribution < -0.4 is 20.1 Å². The van der Waals surface area contributed by atoms with Gasteiger partial charge in [0.15, 0.2) is 11.5 Å². The van der Waals surface area contributed by atoms with Gasteiger partial charge in [-0.1, -0.05) is 12.1 Å². The van der Waals surface area contributed by atoms with E-state index < -0.39 is 0 Å². The summed E-state index contributed by atoms with van der Waals surface area (Å²) in [5.74, 6) is 2.05. The molecule has 0 fully saturated rings. The van der Waals surface area contributed by atoms with Gasteiger partial charge < -0.3 is 19.2 Å². The summed E-state index contributed by atoms with van der Waals surface area (Å²) < 4.78 is 16.1. The van der Waals surface area contributed by atoms with Gasteiger partial charge in [-0.15, -0.1) is 0 Å². The lowest BCUT2D eigenvalue weighted by Crippen LogP contribution is -2.36. The predicted octanol–water partition coefficient (Wildman–Crippen LogP) is 2.13. The lowest BCUT2D eigenvalue weighted by atomic mass is 10.2. The first-order chi connectivity index (χ1) is 11.2. The first-order valence-corrected chi connectivity index (χ1v) is 7.50. The molecule has 0 spiro atoms. The maximum absolute atomic E-state index is 11.8. The fraction of sp³-hybridized carbons (Fsp3) is 0.353. The number of nitrogens with one attached hydrogen (secondary N) is 2. The summed E-state index contributed by atoms with van der Waals surface area (Å²) >= 11 is 0. The predicted molar refractivity (Wildman–Crippen MR) is 86.6 cm³/mol. The first-order valence-electron chi connectivity index (χ1n) is 7.50. The molecule has 1 amide bonds. The van der Waals surface area contributed by atoms with Gasteiger partial charge in [0.1, 0.15) is 12.4 Å². The zero-order chi connectivity index (χ0) is 16.5. The van der Waals surface area contributed by atoms with Gasteiger partial charge in [0, 0.05) is 0 Å². The van der Waals surface area contributed by atoms with Crippen LogP contribution in [0.5, 0.6) is 11.5 Å². The summed E-state index contributed by atoms with van der Waals surface area (Å²) in [6.07, 6.45) is 1.61.